The first-order valence-electron chi connectivity index (χ1n) is 6.15. The third-order valence-electron chi connectivity index (χ3n) is 3.10. The number of thiocarbonyl (C=S) groups is 1. The summed E-state index contributed by atoms with van der Waals surface area (Å²) in [6, 6.07) is 2.17. The summed E-state index contributed by atoms with van der Waals surface area (Å²) in [6.45, 7) is 0. The standard InChI is InChI=1S/C13H17NO2S2/c1-16-12(15)6-7-18-13(17)11-8-9-4-2-3-5-10(9)14-11/h8,14H,2-7H2,1H3. The van der Waals surface area contributed by atoms with Crippen LogP contribution in [0.1, 0.15) is 36.2 Å². The van der Waals surface area contributed by atoms with Gasteiger partial charge in [-0.2, -0.15) is 0 Å². The maximum atomic E-state index is 11.0. The van der Waals surface area contributed by atoms with Crippen molar-refractivity contribution in [1.29, 1.82) is 0 Å². The zero-order chi connectivity index (χ0) is 13.0. The highest BCUT2D eigenvalue weighted by Crippen LogP contribution is 2.24. The van der Waals surface area contributed by atoms with Crippen molar-refractivity contribution in [2.24, 2.45) is 0 Å². The Balaban J connectivity index is 1.89. The van der Waals surface area contributed by atoms with Gasteiger partial charge < -0.3 is 9.72 Å². The largest absolute Gasteiger partial charge is 0.469 e. The number of hydrogen-bond donors (Lipinski definition) is 1. The van der Waals surface area contributed by atoms with Crippen LogP contribution in [0.15, 0.2) is 6.07 Å². The molecule has 3 nitrogen and oxygen atoms in total. The summed E-state index contributed by atoms with van der Waals surface area (Å²) in [4.78, 5) is 14.4. The summed E-state index contributed by atoms with van der Waals surface area (Å²) in [5.74, 6) is 0.492. The third kappa shape index (κ3) is 3.36. The van der Waals surface area contributed by atoms with Crippen LogP contribution in [0.25, 0.3) is 0 Å². The molecule has 0 bridgehead atoms. The van der Waals surface area contributed by atoms with Crippen molar-refractivity contribution in [1.82, 2.24) is 4.98 Å². The lowest BCUT2D eigenvalue weighted by molar-refractivity contribution is -0.140. The number of thioether (sulfide) groups is 1. The van der Waals surface area contributed by atoms with Crippen molar-refractivity contribution in [3.05, 3.63) is 23.0 Å². The molecule has 0 radical (unpaired) electrons. The molecule has 0 unspecified atom stereocenters. The molecule has 18 heavy (non-hydrogen) atoms. The van der Waals surface area contributed by atoms with Gasteiger partial charge in [0.1, 0.15) is 0 Å². The highest BCUT2D eigenvalue weighted by molar-refractivity contribution is 8.23. The summed E-state index contributed by atoms with van der Waals surface area (Å²) in [5, 5.41) is 0. The van der Waals surface area contributed by atoms with Crippen LogP contribution in [0, 0.1) is 0 Å². The molecule has 0 aliphatic heterocycles. The first kappa shape index (κ1) is 13.6. The van der Waals surface area contributed by atoms with Gasteiger partial charge in [-0.1, -0.05) is 12.2 Å². The Morgan fingerprint density at radius 2 is 2.28 bits per heavy atom. The van der Waals surface area contributed by atoms with E-state index in [2.05, 4.69) is 15.8 Å². The Bertz CT molecular complexity index is 430. The number of ether oxygens (including phenoxy) is 1. The van der Waals surface area contributed by atoms with Gasteiger partial charge in [0.2, 0.25) is 0 Å². The molecule has 2 rings (SSSR count). The number of aromatic amines is 1. The maximum Gasteiger partial charge on any atom is 0.306 e. The van der Waals surface area contributed by atoms with E-state index in [1.807, 2.05) is 0 Å². The second-order valence-electron chi connectivity index (χ2n) is 4.36. The number of carbonyl (C=O) groups is 1. The maximum absolute atomic E-state index is 11.0. The Labute approximate surface area is 117 Å². The second kappa shape index (κ2) is 6.38. The minimum atomic E-state index is -0.184. The zero-order valence-electron chi connectivity index (χ0n) is 10.5. The topological polar surface area (TPSA) is 42.1 Å². The van der Waals surface area contributed by atoms with Crippen molar-refractivity contribution >= 4 is 34.1 Å². The van der Waals surface area contributed by atoms with Gasteiger partial charge in [0, 0.05) is 11.4 Å². The molecule has 0 amide bonds. The van der Waals surface area contributed by atoms with Crippen LogP contribution >= 0.6 is 24.0 Å². The predicted octanol–water partition coefficient (Wildman–Crippen LogP) is 2.87. The van der Waals surface area contributed by atoms with Gasteiger partial charge in [-0.25, -0.2) is 0 Å². The number of methoxy groups -OCH3 is 1. The number of fused-ring (bicyclic) bond motifs is 1. The van der Waals surface area contributed by atoms with Gasteiger partial charge in [0.05, 0.1) is 23.4 Å². The summed E-state index contributed by atoms with van der Waals surface area (Å²) in [6.07, 6.45) is 5.22. The second-order valence-corrected chi connectivity index (χ2v) is 6.13. The number of hydrogen-bond acceptors (Lipinski definition) is 4. The number of nitrogens with one attached hydrogen (secondary N) is 1. The highest BCUT2D eigenvalue weighted by atomic mass is 32.2. The smallest absolute Gasteiger partial charge is 0.306 e. The average molecular weight is 283 g/mol. The molecule has 98 valence electrons. The molecule has 1 aromatic rings. The molecule has 0 saturated heterocycles. The Hall–Kier alpha value is -0.810. The monoisotopic (exact) mass is 283 g/mol. The van der Waals surface area contributed by atoms with Crippen LogP contribution in [0.4, 0.5) is 0 Å². The van der Waals surface area contributed by atoms with E-state index in [1.54, 1.807) is 0 Å². The van der Waals surface area contributed by atoms with Crippen LogP contribution in [-0.2, 0) is 22.4 Å². The number of aryl methyl sites for hydroxylation is 2. The predicted molar refractivity (Wildman–Crippen MR) is 78.2 cm³/mol. The number of H-pyrrole nitrogens is 1. The van der Waals surface area contributed by atoms with E-state index in [4.69, 9.17) is 12.2 Å². The number of carbonyl (C=O) groups excluding carboxylic acids is 1. The molecule has 1 N–H and O–H groups in total. The van der Waals surface area contributed by atoms with Crippen LogP contribution in [0.5, 0.6) is 0 Å². The summed E-state index contributed by atoms with van der Waals surface area (Å²) in [5.41, 5.74) is 3.78. The molecular weight excluding hydrogens is 266 g/mol. The van der Waals surface area contributed by atoms with Crippen molar-refractivity contribution in [3.8, 4) is 0 Å². The van der Waals surface area contributed by atoms with E-state index in [0.717, 1.165) is 22.7 Å². The number of rotatable bonds is 4. The first-order valence-corrected chi connectivity index (χ1v) is 7.55. The Kier molecular flexibility index (Phi) is 4.83. The minimum absolute atomic E-state index is 0.184. The van der Waals surface area contributed by atoms with Gasteiger partial charge >= 0.3 is 5.97 Å². The Morgan fingerprint density at radius 3 is 3.00 bits per heavy atom. The zero-order valence-corrected chi connectivity index (χ0v) is 12.1. The van der Waals surface area contributed by atoms with Crippen LogP contribution < -0.4 is 0 Å². The molecule has 5 heteroatoms. The summed E-state index contributed by atoms with van der Waals surface area (Å²) in [7, 11) is 1.41. The molecule has 1 aromatic heterocycles. The van der Waals surface area contributed by atoms with Crippen molar-refractivity contribution in [3.63, 3.8) is 0 Å². The quantitative estimate of drug-likeness (QED) is 0.681. The van der Waals surface area contributed by atoms with Gasteiger partial charge in [0.15, 0.2) is 0 Å². The lowest BCUT2D eigenvalue weighted by atomic mass is 9.98. The van der Waals surface area contributed by atoms with E-state index < -0.39 is 0 Å². The Morgan fingerprint density at radius 1 is 1.50 bits per heavy atom. The van der Waals surface area contributed by atoms with Gasteiger partial charge in [0.25, 0.3) is 0 Å². The van der Waals surface area contributed by atoms with E-state index >= 15 is 0 Å². The number of esters is 1. The van der Waals surface area contributed by atoms with Gasteiger partial charge in [-0.15, -0.1) is 11.8 Å². The lowest BCUT2D eigenvalue weighted by Crippen LogP contribution is -2.03. The molecule has 0 saturated carbocycles. The molecular formula is C13H17NO2S2. The lowest BCUT2D eigenvalue weighted by Gasteiger charge is -2.09. The van der Waals surface area contributed by atoms with Crippen molar-refractivity contribution in [2.45, 2.75) is 32.1 Å². The summed E-state index contributed by atoms with van der Waals surface area (Å²) >= 11 is 6.91. The van der Waals surface area contributed by atoms with E-state index in [-0.39, 0.29) is 5.97 Å². The minimum Gasteiger partial charge on any atom is -0.469 e. The normalized spacial score (nSPS) is 14.1. The van der Waals surface area contributed by atoms with Crippen molar-refractivity contribution in [2.75, 3.05) is 12.9 Å². The molecule has 1 aliphatic carbocycles. The van der Waals surface area contributed by atoms with E-state index in [9.17, 15) is 4.79 Å². The molecule has 1 aliphatic rings. The highest BCUT2D eigenvalue weighted by Gasteiger charge is 2.15. The molecule has 1 heterocycles. The summed E-state index contributed by atoms with van der Waals surface area (Å²) < 4.78 is 5.44. The van der Waals surface area contributed by atoms with E-state index in [1.165, 1.54) is 43.0 Å². The molecule has 0 atom stereocenters. The molecule has 0 fully saturated rings. The third-order valence-corrected chi connectivity index (χ3v) is 4.57. The molecule has 0 aromatic carbocycles. The van der Waals surface area contributed by atoms with Crippen LogP contribution in [-0.4, -0.2) is 28.0 Å². The fraction of sp³-hybridized carbons (Fsp3) is 0.538. The van der Waals surface area contributed by atoms with Crippen LogP contribution in [0.3, 0.4) is 0 Å². The first-order chi connectivity index (χ1) is 8.70. The number of aromatic nitrogens is 1. The molecule has 0 spiro atoms. The van der Waals surface area contributed by atoms with Gasteiger partial charge in [-0.05, 0) is 37.3 Å². The van der Waals surface area contributed by atoms with Gasteiger partial charge in [-0.3, -0.25) is 4.79 Å². The average Bonchev–Trinajstić information content (AvgIpc) is 2.82. The fourth-order valence-corrected chi connectivity index (χ4v) is 3.20. The SMILES string of the molecule is COC(=O)CCSC(=S)c1cc2c([nH]1)CCCC2. The fourth-order valence-electron chi connectivity index (χ4n) is 2.12. The van der Waals surface area contributed by atoms with Crippen LogP contribution in [0.2, 0.25) is 0 Å². The van der Waals surface area contributed by atoms with E-state index in [0.29, 0.717) is 12.2 Å². The van der Waals surface area contributed by atoms with Crippen molar-refractivity contribution < 1.29 is 9.53 Å².